The number of thiazole rings is 4. The Bertz CT molecular complexity index is 5740. The van der Waals surface area contributed by atoms with Crippen molar-refractivity contribution in [1.82, 2.24) is 55.0 Å². The van der Waals surface area contributed by atoms with Crippen molar-refractivity contribution in [1.29, 1.82) is 0 Å². The number of nitrogens with one attached hydrogen (secondary N) is 1. The van der Waals surface area contributed by atoms with Crippen LogP contribution in [0.25, 0.3) is 75.8 Å². The van der Waals surface area contributed by atoms with E-state index in [1.54, 1.807) is 55.1 Å². The molecule has 8 aliphatic rings. The van der Waals surface area contributed by atoms with E-state index in [0.29, 0.717) is 13.1 Å². The number of benzene rings is 4. The van der Waals surface area contributed by atoms with Gasteiger partial charge in [-0.05, 0) is 217 Å². The normalized spacial score (nSPS) is 15.9. The number of carbonyl (C=O) groups is 2. The molecule has 0 spiro atoms. The molecule has 1 N–H and O–H groups in total. The molecule has 4 fully saturated rings. The van der Waals surface area contributed by atoms with Gasteiger partial charge in [0.05, 0.1) is 73.4 Å². The monoisotopic (exact) mass is 1890 g/mol. The zero-order valence-corrected chi connectivity index (χ0v) is 78.6. The van der Waals surface area contributed by atoms with Gasteiger partial charge in [0.25, 0.3) is 0 Å². The van der Waals surface area contributed by atoms with E-state index in [-0.39, 0.29) is 43.5 Å². The largest absolute Gasteiger partial charge is 0.508 e. The minimum atomic E-state index is -0.481. The molecule has 4 aromatic carbocycles. The fraction of sp³-hybridized carbons (Fsp3) is 0.383. The van der Waals surface area contributed by atoms with Gasteiger partial charge in [-0.25, -0.2) is 29.5 Å². The number of amides is 2. The topological polar surface area (TPSA) is 199 Å². The molecule has 20 rings (SSSR count). The molecule has 0 radical (unpaired) electrons. The van der Waals surface area contributed by atoms with Crippen LogP contribution in [0, 0.1) is 27.7 Å². The number of pyridine rings is 4. The average Bonchev–Trinajstić information content (AvgIpc) is 1.52. The fourth-order valence-corrected chi connectivity index (χ4v) is 21.9. The Morgan fingerprint density at radius 1 is 0.421 bits per heavy atom. The maximum absolute atomic E-state index is 12.5. The number of aromatic nitrogens is 8. The molecular weight excluding hydrogens is 1790 g/mol. The van der Waals surface area contributed by atoms with Crippen LogP contribution in [0.5, 0.6) is 0 Å². The first kappa shape index (κ1) is 88.8. The third-order valence-electron chi connectivity index (χ3n) is 22.3. The van der Waals surface area contributed by atoms with Crippen LogP contribution in [-0.2, 0) is 44.5 Å². The molecule has 0 bridgehead atoms. The second kappa shape index (κ2) is 37.5. The molecule has 0 unspecified atom stereocenters. The Morgan fingerprint density at radius 3 is 1.17 bits per heavy atom. The van der Waals surface area contributed by atoms with Crippen LogP contribution in [0.15, 0.2) is 160 Å². The van der Waals surface area contributed by atoms with Crippen LogP contribution in [0.2, 0.25) is 0 Å². The van der Waals surface area contributed by atoms with Gasteiger partial charge >= 0.3 is 19.3 Å². The number of nitrogens with zero attached hydrogens (tertiary/aromatic N) is 12. The SMILES string of the molecule is Brc1ccnc2c1-c1ccccc1C2.C.CC(C)(C)OC(=O)N1CCCCC1.Cc1nc(Br)c(-c2ccnc3c2-c2ccccc2C3)s1.Cc1nc(Br)c(B2OC(C)(C)C(C)(C)O2)s1.Cc1nc(N2CCN(C(=O)OC(C)(C)C)CC2)c(-c2ccnc3c2-c2ccccc2C3)s1.Cc1nc(N2CCNCC2)c(-c2ccnc3c2-c2ccccc2C3)s1. The highest BCUT2D eigenvalue weighted by atomic mass is 79.9. The number of likely N-dealkylation sites (tertiary alicyclic amines) is 1. The number of hydrogen-bond acceptors (Lipinski definition) is 21. The van der Waals surface area contributed by atoms with E-state index in [0.717, 1.165) is 147 Å². The zero-order valence-electron chi connectivity index (χ0n) is 70.5. The molecule has 12 aromatic rings. The number of piperazine rings is 2. The predicted molar refractivity (Wildman–Crippen MR) is 507 cm³/mol. The highest BCUT2D eigenvalue weighted by molar-refractivity contribution is 9.11. The summed E-state index contributed by atoms with van der Waals surface area (Å²) in [6.07, 6.45) is 14.4. The van der Waals surface area contributed by atoms with E-state index >= 15 is 0 Å². The lowest BCUT2D eigenvalue weighted by molar-refractivity contribution is 0.00578. The van der Waals surface area contributed by atoms with Gasteiger partial charge in [0.2, 0.25) is 0 Å². The number of aryl methyl sites for hydroxylation is 4. The van der Waals surface area contributed by atoms with Gasteiger partial charge in [-0.15, -0.1) is 45.3 Å². The van der Waals surface area contributed by atoms with Crippen LogP contribution >= 0.6 is 93.1 Å². The van der Waals surface area contributed by atoms with Crippen molar-refractivity contribution in [2.45, 2.75) is 172 Å². The Morgan fingerprint density at radius 2 is 0.769 bits per heavy atom. The lowest BCUT2D eigenvalue weighted by Gasteiger charge is -2.36. The third kappa shape index (κ3) is 20.0. The van der Waals surface area contributed by atoms with E-state index in [1.165, 1.54) is 122 Å². The summed E-state index contributed by atoms with van der Waals surface area (Å²) in [5.41, 5.74) is 22.7. The molecule has 4 aliphatic heterocycles. The molecule has 0 atom stereocenters. The Hall–Kier alpha value is -8.48. The number of anilines is 2. The van der Waals surface area contributed by atoms with Crippen molar-refractivity contribution in [3.05, 3.63) is 225 Å². The second-order valence-corrected chi connectivity index (χ2v) is 41.0. The van der Waals surface area contributed by atoms with Crippen LogP contribution in [0.3, 0.4) is 0 Å². The summed E-state index contributed by atoms with van der Waals surface area (Å²) in [6, 6.07) is 42.7. The highest BCUT2D eigenvalue weighted by Crippen LogP contribution is 2.51. The first-order valence-corrected chi connectivity index (χ1v) is 46.7. The molecule has 19 nitrogen and oxygen atoms in total. The average molecular weight is 1890 g/mol. The van der Waals surface area contributed by atoms with E-state index in [4.69, 9.17) is 28.8 Å². The fourth-order valence-electron chi connectivity index (χ4n) is 16.1. The van der Waals surface area contributed by atoms with Crippen LogP contribution in [-0.4, -0.2) is 157 Å². The maximum atomic E-state index is 12.5. The molecule has 27 heteroatoms. The van der Waals surface area contributed by atoms with Crippen molar-refractivity contribution in [2.75, 3.05) is 75.2 Å². The smallest absolute Gasteiger partial charge is 0.444 e. The van der Waals surface area contributed by atoms with Crippen molar-refractivity contribution in [2.24, 2.45) is 0 Å². The summed E-state index contributed by atoms with van der Waals surface area (Å²) in [5, 5.41) is 7.68. The van der Waals surface area contributed by atoms with Gasteiger partial charge < -0.3 is 43.7 Å². The summed E-state index contributed by atoms with van der Waals surface area (Å²) in [5.74, 6) is 2.15. The lowest BCUT2D eigenvalue weighted by Crippen LogP contribution is -2.50. The summed E-state index contributed by atoms with van der Waals surface area (Å²) >= 11 is 17.5. The van der Waals surface area contributed by atoms with E-state index in [1.807, 2.05) is 86.2 Å². The number of carbonyl (C=O) groups excluding carboxylic acids is 2. The summed E-state index contributed by atoms with van der Waals surface area (Å²) in [6.45, 7) is 36.3. The number of hydrogen-bond donors (Lipinski definition) is 1. The van der Waals surface area contributed by atoms with Gasteiger partial charge in [-0.3, -0.25) is 19.9 Å². The minimum Gasteiger partial charge on any atom is -0.444 e. The number of rotatable bonds is 6. The molecular formula is C94H105BBr3N13O6S4. The molecule has 0 saturated carbocycles. The molecule has 2 amide bonds. The molecule has 4 aliphatic carbocycles. The van der Waals surface area contributed by atoms with Gasteiger partial charge in [0.15, 0.2) is 0 Å². The highest BCUT2D eigenvalue weighted by Gasteiger charge is 2.53. The second-order valence-electron chi connectivity index (χ2n) is 33.8. The summed E-state index contributed by atoms with van der Waals surface area (Å²) < 4.78 is 26.6. The van der Waals surface area contributed by atoms with Crippen LogP contribution in [0.1, 0.15) is 161 Å². The third-order valence-corrected chi connectivity index (χ3v) is 28.7. The van der Waals surface area contributed by atoms with Crippen molar-refractivity contribution >= 4 is 129 Å². The van der Waals surface area contributed by atoms with E-state index in [2.05, 4.69) is 250 Å². The number of piperidine rings is 1. The first-order valence-electron chi connectivity index (χ1n) is 41.1. The standard InChI is InChI=1S/C25H28N4O2S.C20H20N4S.C16H11BrN2S.C12H8BrN.C10H15BBrNO2S.C10H19NO2.CH4/c1-16-27-23(28-11-13-29(14-12-28)24(30)31-25(2,3)4)22(32-16)19-9-10-26-20-15-17-7-5-6-8-18(17)21(19)20;1-13-23-20(24-10-8-21-9-11-24)19(25-13)16-6-7-22-17-12-14-4-2-3-5-15(14)18(16)17;1-9-19-16(17)15(20-9)12-6-7-18-13-8-10-4-2-3-5-11(10)14(12)13;13-10-5-6-14-11-7-8-3-1-2-4-9(8)12(10)11;1-6-13-8(12)7(16-6)11-14-9(2,3)10(4,5)15-11;1-10(2,3)13-9(12)11-7-5-4-6-8-11;/h5-10H,11-15H2,1-4H3;2-7,21H,8-12H2,1H3;2-7H,8H2,1H3;1-6H,7H2;1-5H3;4-8H2,1-3H3;1H4. The van der Waals surface area contributed by atoms with Crippen molar-refractivity contribution in [3.8, 4) is 75.8 Å². The minimum absolute atomic E-state index is 0. The Labute approximate surface area is 753 Å². The van der Waals surface area contributed by atoms with Crippen molar-refractivity contribution < 1.29 is 28.4 Å². The van der Waals surface area contributed by atoms with Crippen molar-refractivity contribution in [3.63, 3.8) is 0 Å². The summed E-state index contributed by atoms with van der Waals surface area (Å²) in [7, 11) is -0.314. The molecule has 8 aromatic heterocycles. The zero-order chi connectivity index (χ0) is 84.5. The summed E-state index contributed by atoms with van der Waals surface area (Å²) in [4.78, 5) is 72.9. The van der Waals surface area contributed by atoms with Crippen LogP contribution < -0.4 is 19.9 Å². The lowest BCUT2D eigenvalue weighted by atomic mass is 9.89. The van der Waals surface area contributed by atoms with Gasteiger partial charge in [0.1, 0.15) is 32.0 Å². The van der Waals surface area contributed by atoms with Crippen LogP contribution in [0.4, 0.5) is 21.2 Å². The molecule has 630 valence electrons. The van der Waals surface area contributed by atoms with E-state index < -0.39 is 5.60 Å². The molecule has 4 saturated heterocycles. The Balaban J connectivity index is 0.000000122. The van der Waals surface area contributed by atoms with E-state index in [9.17, 15) is 9.59 Å². The quantitative estimate of drug-likeness (QED) is 0.154. The molecule has 121 heavy (non-hydrogen) atoms. The number of fused-ring (bicyclic) bond motifs is 12. The maximum Gasteiger partial charge on any atom is 0.508 e. The van der Waals surface area contributed by atoms with Gasteiger partial charge in [0, 0.05) is 159 Å². The first-order chi connectivity index (χ1) is 57.4. The van der Waals surface area contributed by atoms with Gasteiger partial charge in [-0.1, -0.05) is 120 Å². The number of ether oxygens (including phenoxy) is 2. The van der Waals surface area contributed by atoms with Gasteiger partial charge in [-0.2, -0.15) is 0 Å². The number of halogens is 3. The predicted octanol–water partition coefficient (Wildman–Crippen LogP) is 22.5. The Kier molecular flexibility index (Phi) is 27.6. The molecule has 12 heterocycles.